The van der Waals surface area contributed by atoms with Crippen LogP contribution in [0.1, 0.15) is 19.4 Å². The third kappa shape index (κ3) is 2.77. The molecule has 0 radical (unpaired) electrons. The SMILES string of the molecule is CCOc1ccc(-c2ccc3c(c2)NC(=O)C3)c(OCC)c1. The van der Waals surface area contributed by atoms with Gasteiger partial charge < -0.3 is 14.8 Å². The highest BCUT2D eigenvalue weighted by Crippen LogP contribution is 2.36. The molecule has 4 nitrogen and oxygen atoms in total. The fraction of sp³-hybridized carbons (Fsp3) is 0.278. The van der Waals surface area contributed by atoms with E-state index in [9.17, 15) is 4.79 Å². The lowest BCUT2D eigenvalue weighted by atomic mass is 10.0. The Labute approximate surface area is 130 Å². The number of carbonyl (C=O) groups excluding carboxylic acids is 1. The summed E-state index contributed by atoms with van der Waals surface area (Å²) < 4.78 is 11.3. The van der Waals surface area contributed by atoms with E-state index in [0.717, 1.165) is 33.9 Å². The summed E-state index contributed by atoms with van der Waals surface area (Å²) in [7, 11) is 0. The molecule has 0 atom stereocenters. The molecule has 2 aromatic rings. The van der Waals surface area contributed by atoms with Gasteiger partial charge in [-0.2, -0.15) is 0 Å². The second-order valence-corrected chi connectivity index (χ2v) is 5.12. The zero-order valence-corrected chi connectivity index (χ0v) is 12.8. The molecule has 4 heteroatoms. The summed E-state index contributed by atoms with van der Waals surface area (Å²) in [6.07, 6.45) is 0.456. The minimum atomic E-state index is 0.0453. The van der Waals surface area contributed by atoms with Crippen molar-refractivity contribution >= 4 is 11.6 Å². The Morgan fingerprint density at radius 2 is 1.86 bits per heavy atom. The Morgan fingerprint density at radius 3 is 2.64 bits per heavy atom. The quantitative estimate of drug-likeness (QED) is 0.916. The molecule has 114 valence electrons. The Bertz CT molecular complexity index is 709. The number of hydrogen-bond donors (Lipinski definition) is 1. The van der Waals surface area contributed by atoms with Crippen molar-refractivity contribution in [2.75, 3.05) is 18.5 Å². The summed E-state index contributed by atoms with van der Waals surface area (Å²) in [4.78, 5) is 11.5. The van der Waals surface area contributed by atoms with Crippen molar-refractivity contribution in [2.24, 2.45) is 0 Å². The van der Waals surface area contributed by atoms with Crippen LogP contribution < -0.4 is 14.8 Å². The lowest BCUT2D eigenvalue weighted by Crippen LogP contribution is -2.03. The zero-order chi connectivity index (χ0) is 15.5. The van der Waals surface area contributed by atoms with Crippen molar-refractivity contribution in [1.29, 1.82) is 0 Å². The largest absolute Gasteiger partial charge is 0.494 e. The topological polar surface area (TPSA) is 47.6 Å². The van der Waals surface area contributed by atoms with E-state index >= 15 is 0 Å². The van der Waals surface area contributed by atoms with Crippen LogP contribution in [0.2, 0.25) is 0 Å². The van der Waals surface area contributed by atoms with Gasteiger partial charge in [-0.1, -0.05) is 12.1 Å². The Balaban J connectivity index is 2.00. The normalized spacial score (nSPS) is 12.7. The molecule has 22 heavy (non-hydrogen) atoms. The number of benzene rings is 2. The van der Waals surface area contributed by atoms with Gasteiger partial charge in [-0.25, -0.2) is 0 Å². The smallest absolute Gasteiger partial charge is 0.228 e. The summed E-state index contributed by atoms with van der Waals surface area (Å²) in [5.74, 6) is 1.63. The Kier molecular flexibility index (Phi) is 4.00. The lowest BCUT2D eigenvalue weighted by Gasteiger charge is -2.13. The van der Waals surface area contributed by atoms with Gasteiger partial charge in [-0.3, -0.25) is 4.79 Å². The molecule has 0 fully saturated rings. The maximum absolute atomic E-state index is 11.5. The molecule has 1 amide bonds. The van der Waals surface area contributed by atoms with Crippen LogP contribution in [0.15, 0.2) is 36.4 Å². The number of fused-ring (bicyclic) bond motifs is 1. The molecule has 1 aliphatic heterocycles. The molecule has 3 rings (SSSR count). The minimum absolute atomic E-state index is 0.0453. The van der Waals surface area contributed by atoms with Gasteiger partial charge in [-0.15, -0.1) is 0 Å². The molecule has 0 bridgehead atoms. The van der Waals surface area contributed by atoms with Crippen molar-refractivity contribution in [3.05, 3.63) is 42.0 Å². The molecule has 0 saturated heterocycles. The fourth-order valence-electron chi connectivity index (χ4n) is 2.65. The van der Waals surface area contributed by atoms with E-state index in [1.54, 1.807) is 0 Å². The summed E-state index contributed by atoms with van der Waals surface area (Å²) in [5, 5.41) is 2.89. The fourth-order valence-corrected chi connectivity index (χ4v) is 2.65. The number of nitrogens with one attached hydrogen (secondary N) is 1. The van der Waals surface area contributed by atoms with Gasteiger partial charge in [0.2, 0.25) is 5.91 Å². The van der Waals surface area contributed by atoms with E-state index in [-0.39, 0.29) is 5.91 Å². The van der Waals surface area contributed by atoms with Crippen LogP contribution in [0.25, 0.3) is 11.1 Å². The summed E-state index contributed by atoms with van der Waals surface area (Å²) >= 11 is 0. The van der Waals surface area contributed by atoms with Gasteiger partial charge >= 0.3 is 0 Å². The molecule has 0 aliphatic carbocycles. The lowest BCUT2D eigenvalue weighted by molar-refractivity contribution is -0.115. The van der Waals surface area contributed by atoms with Crippen molar-refractivity contribution in [2.45, 2.75) is 20.3 Å². The highest BCUT2D eigenvalue weighted by atomic mass is 16.5. The van der Waals surface area contributed by atoms with E-state index in [2.05, 4.69) is 5.32 Å². The second-order valence-electron chi connectivity index (χ2n) is 5.12. The van der Waals surface area contributed by atoms with Crippen LogP contribution in [-0.4, -0.2) is 19.1 Å². The molecule has 0 spiro atoms. The van der Waals surface area contributed by atoms with Crippen LogP contribution >= 0.6 is 0 Å². The Morgan fingerprint density at radius 1 is 1.05 bits per heavy atom. The number of rotatable bonds is 5. The van der Waals surface area contributed by atoms with E-state index in [1.165, 1.54) is 0 Å². The van der Waals surface area contributed by atoms with Crippen molar-refractivity contribution < 1.29 is 14.3 Å². The number of amides is 1. The van der Waals surface area contributed by atoms with E-state index in [1.807, 2.05) is 50.2 Å². The number of ether oxygens (including phenoxy) is 2. The number of anilines is 1. The minimum Gasteiger partial charge on any atom is -0.494 e. The standard InChI is InChI=1S/C18H19NO3/c1-3-21-14-7-8-15(17(11-14)22-4-2)12-5-6-13-10-18(20)19-16(13)9-12/h5-9,11H,3-4,10H2,1-2H3,(H,19,20). The first-order valence-electron chi connectivity index (χ1n) is 7.54. The van der Waals surface area contributed by atoms with Crippen molar-refractivity contribution in [1.82, 2.24) is 0 Å². The molecular weight excluding hydrogens is 278 g/mol. The van der Waals surface area contributed by atoms with Crippen LogP contribution in [0.5, 0.6) is 11.5 Å². The molecule has 1 N–H and O–H groups in total. The third-order valence-electron chi connectivity index (χ3n) is 3.61. The van der Waals surface area contributed by atoms with Crippen LogP contribution in [0, 0.1) is 0 Å². The molecule has 0 saturated carbocycles. The first kappa shape index (κ1) is 14.4. The molecule has 1 aliphatic rings. The van der Waals surface area contributed by atoms with E-state index in [0.29, 0.717) is 19.6 Å². The molecule has 0 unspecified atom stereocenters. The van der Waals surface area contributed by atoms with Crippen molar-refractivity contribution in [3.63, 3.8) is 0 Å². The molecule has 1 heterocycles. The van der Waals surface area contributed by atoms with E-state index < -0.39 is 0 Å². The summed E-state index contributed by atoms with van der Waals surface area (Å²) in [5.41, 5.74) is 3.94. The highest BCUT2D eigenvalue weighted by Gasteiger charge is 2.18. The first-order chi connectivity index (χ1) is 10.7. The average Bonchev–Trinajstić information content (AvgIpc) is 2.87. The molecule has 0 aromatic heterocycles. The van der Waals surface area contributed by atoms with Gasteiger partial charge in [0.15, 0.2) is 0 Å². The maximum atomic E-state index is 11.5. The zero-order valence-electron chi connectivity index (χ0n) is 12.8. The monoisotopic (exact) mass is 297 g/mol. The number of hydrogen-bond acceptors (Lipinski definition) is 3. The number of carbonyl (C=O) groups is 1. The van der Waals surface area contributed by atoms with Crippen LogP contribution in [-0.2, 0) is 11.2 Å². The van der Waals surface area contributed by atoms with Crippen molar-refractivity contribution in [3.8, 4) is 22.6 Å². The second kappa shape index (κ2) is 6.10. The molecule has 2 aromatic carbocycles. The van der Waals surface area contributed by atoms with Gasteiger partial charge in [0.05, 0.1) is 19.6 Å². The van der Waals surface area contributed by atoms with Gasteiger partial charge in [0.1, 0.15) is 11.5 Å². The highest BCUT2D eigenvalue weighted by molar-refractivity contribution is 6.00. The van der Waals surface area contributed by atoms with E-state index in [4.69, 9.17) is 9.47 Å². The average molecular weight is 297 g/mol. The summed E-state index contributed by atoms with van der Waals surface area (Å²) in [6, 6.07) is 11.9. The van der Waals surface area contributed by atoms with Crippen LogP contribution in [0.3, 0.4) is 0 Å². The van der Waals surface area contributed by atoms with Gasteiger partial charge in [0.25, 0.3) is 0 Å². The predicted molar refractivity (Wildman–Crippen MR) is 86.5 cm³/mol. The van der Waals surface area contributed by atoms with Gasteiger partial charge in [-0.05, 0) is 43.2 Å². The Hall–Kier alpha value is -2.49. The molecular formula is C18H19NO3. The predicted octanol–water partition coefficient (Wildman–Crippen LogP) is 3.65. The van der Waals surface area contributed by atoms with Gasteiger partial charge in [0, 0.05) is 17.3 Å². The maximum Gasteiger partial charge on any atom is 0.228 e. The van der Waals surface area contributed by atoms with Crippen LogP contribution in [0.4, 0.5) is 5.69 Å². The third-order valence-corrected chi connectivity index (χ3v) is 3.61. The first-order valence-corrected chi connectivity index (χ1v) is 7.54. The summed E-state index contributed by atoms with van der Waals surface area (Å²) in [6.45, 7) is 5.12.